The van der Waals surface area contributed by atoms with E-state index in [1.54, 1.807) is 42.5 Å². The van der Waals surface area contributed by atoms with Crippen molar-refractivity contribution in [2.24, 2.45) is 5.18 Å². The Hall–Kier alpha value is -3.87. The maximum atomic E-state index is 13.0. The Bertz CT molecular complexity index is 1090. The number of carbonyl (C=O) groups is 1. The second-order valence-corrected chi connectivity index (χ2v) is 7.86. The maximum Gasteiger partial charge on any atom is 0.203 e. The molecular formula is C26H27NO6. The molecule has 0 bridgehead atoms. The lowest BCUT2D eigenvalue weighted by Crippen LogP contribution is -2.27. The fourth-order valence-corrected chi connectivity index (χ4v) is 3.30. The molecule has 0 saturated carbocycles. The number of nitroso groups, excluding NO2 is 1. The van der Waals surface area contributed by atoms with Gasteiger partial charge in [-0.05, 0) is 50.3 Å². The van der Waals surface area contributed by atoms with Crippen LogP contribution >= 0.6 is 0 Å². The molecule has 0 saturated heterocycles. The smallest absolute Gasteiger partial charge is 0.203 e. The van der Waals surface area contributed by atoms with Crippen molar-refractivity contribution in [2.45, 2.75) is 26.0 Å². The van der Waals surface area contributed by atoms with Gasteiger partial charge in [-0.2, -0.15) is 4.91 Å². The van der Waals surface area contributed by atoms with Gasteiger partial charge in [0, 0.05) is 11.6 Å². The summed E-state index contributed by atoms with van der Waals surface area (Å²) in [4.78, 5) is 24.0. The molecule has 0 N–H and O–H groups in total. The number of rotatable bonds is 12. The number of hydrogen-bond donors (Lipinski definition) is 0. The highest BCUT2D eigenvalue weighted by molar-refractivity contribution is 6.00. The molecule has 0 amide bonds. The highest BCUT2D eigenvalue weighted by Gasteiger charge is 2.26. The van der Waals surface area contributed by atoms with Crippen LogP contribution in [0.15, 0.2) is 66.9 Å². The second kappa shape index (κ2) is 10.6. The van der Waals surface area contributed by atoms with E-state index in [0.717, 1.165) is 0 Å². The number of benzene rings is 2. The molecule has 7 heteroatoms. The lowest BCUT2D eigenvalue weighted by molar-refractivity contribution is 0.0915. The molecule has 33 heavy (non-hydrogen) atoms. The Balaban J connectivity index is 1.86. The Morgan fingerprint density at radius 3 is 2.58 bits per heavy atom. The molecule has 2 aromatic rings. The zero-order chi connectivity index (χ0) is 23.8. The van der Waals surface area contributed by atoms with Gasteiger partial charge in [0.2, 0.25) is 5.78 Å². The summed E-state index contributed by atoms with van der Waals surface area (Å²) in [6, 6.07) is 8.45. The summed E-state index contributed by atoms with van der Waals surface area (Å²) < 4.78 is 23.1. The van der Waals surface area contributed by atoms with Gasteiger partial charge < -0.3 is 18.9 Å². The molecule has 0 atom stereocenters. The normalized spacial score (nSPS) is 13.3. The molecule has 1 aliphatic rings. The Morgan fingerprint density at radius 1 is 1.09 bits per heavy atom. The molecule has 0 unspecified atom stereocenters. The van der Waals surface area contributed by atoms with E-state index in [2.05, 4.69) is 18.3 Å². The van der Waals surface area contributed by atoms with Crippen LogP contribution < -0.4 is 18.9 Å². The zero-order valence-corrected chi connectivity index (χ0v) is 18.8. The van der Waals surface area contributed by atoms with Crippen molar-refractivity contribution in [1.29, 1.82) is 0 Å². The van der Waals surface area contributed by atoms with E-state index in [4.69, 9.17) is 18.9 Å². The predicted molar refractivity (Wildman–Crippen MR) is 127 cm³/mol. The number of hydrogen-bond acceptors (Lipinski definition) is 7. The minimum atomic E-state index is -0.475. The lowest BCUT2D eigenvalue weighted by Gasteiger charge is -2.29. The van der Waals surface area contributed by atoms with Gasteiger partial charge in [-0.25, -0.2) is 0 Å². The van der Waals surface area contributed by atoms with Gasteiger partial charge in [0.05, 0.1) is 11.1 Å². The highest BCUT2D eigenvalue weighted by Crippen LogP contribution is 2.39. The Kier molecular flexibility index (Phi) is 7.66. The van der Waals surface area contributed by atoms with Crippen molar-refractivity contribution < 1.29 is 23.7 Å². The summed E-state index contributed by atoms with van der Waals surface area (Å²) in [6.07, 6.45) is 6.98. The van der Waals surface area contributed by atoms with E-state index >= 15 is 0 Å². The summed E-state index contributed by atoms with van der Waals surface area (Å²) in [7, 11) is 0. The molecule has 1 heterocycles. The quantitative estimate of drug-likeness (QED) is 0.241. The number of carbonyl (C=O) groups excluding carboxylic acids is 1. The molecule has 0 radical (unpaired) electrons. The van der Waals surface area contributed by atoms with Crippen LogP contribution in [0.4, 0.5) is 0 Å². The van der Waals surface area contributed by atoms with Crippen LogP contribution in [0.2, 0.25) is 0 Å². The first-order valence-electron chi connectivity index (χ1n) is 10.5. The average Bonchev–Trinajstić information content (AvgIpc) is 2.80. The van der Waals surface area contributed by atoms with Crippen LogP contribution in [-0.2, 0) is 6.54 Å². The van der Waals surface area contributed by atoms with Gasteiger partial charge in [-0.3, -0.25) is 4.79 Å². The molecule has 0 fully saturated rings. The van der Waals surface area contributed by atoms with Crippen molar-refractivity contribution in [3.8, 4) is 23.0 Å². The van der Waals surface area contributed by atoms with Crippen LogP contribution in [0.5, 0.6) is 23.0 Å². The van der Waals surface area contributed by atoms with Gasteiger partial charge in [0.15, 0.2) is 6.61 Å². The minimum absolute atomic E-state index is 0.0862. The summed E-state index contributed by atoms with van der Waals surface area (Å²) >= 11 is 0. The van der Waals surface area contributed by atoms with Crippen LogP contribution in [0.3, 0.4) is 0 Å². The van der Waals surface area contributed by atoms with E-state index in [0.29, 0.717) is 46.3 Å². The largest absolute Gasteiger partial charge is 0.489 e. The number of nitrogens with zero attached hydrogens (tertiary/aromatic N) is 1. The molecule has 3 rings (SSSR count). The van der Waals surface area contributed by atoms with E-state index < -0.39 is 5.60 Å². The highest BCUT2D eigenvalue weighted by atomic mass is 16.5. The van der Waals surface area contributed by atoms with E-state index in [1.165, 1.54) is 0 Å². The second-order valence-electron chi connectivity index (χ2n) is 7.86. The Morgan fingerprint density at radius 2 is 1.85 bits per heavy atom. The first-order chi connectivity index (χ1) is 15.9. The Labute approximate surface area is 193 Å². The van der Waals surface area contributed by atoms with Crippen molar-refractivity contribution in [1.82, 2.24) is 0 Å². The van der Waals surface area contributed by atoms with E-state index in [9.17, 15) is 9.70 Å². The average molecular weight is 450 g/mol. The third-order valence-electron chi connectivity index (χ3n) is 4.82. The van der Waals surface area contributed by atoms with Gasteiger partial charge in [0.25, 0.3) is 0 Å². The summed E-state index contributed by atoms with van der Waals surface area (Å²) in [5.41, 5.74) is 1.10. The minimum Gasteiger partial charge on any atom is -0.489 e. The monoisotopic (exact) mass is 449 g/mol. The van der Waals surface area contributed by atoms with Gasteiger partial charge >= 0.3 is 0 Å². The molecule has 0 spiro atoms. The van der Waals surface area contributed by atoms with Crippen LogP contribution in [0.1, 0.15) is 35.3 Å². The summed E-state index contributed by atoms with van der Waals surface area (Å²) in [6.45, 7) is 11.3. The predicted octanol–water partition coefficient (Wildman–Crippen LogP) is 5.53. The number of Topliss-reactive ketones (excluding diaryl/α,β-unsaturated/α-hetero) is 1. The topological polar surface area (TPSA) is 83.4 Å². The first kappa shape index (κ1) is 23.8. The number of ether oxygens (including phenoxy) is 4. The van der Waals surface area contributed by atoms with E-state index in [-0.39, 0.29) is 25.5 Å². The lowest BCUT2D eigenvalue weighted by atomic mass is 9.99. The maximum absolute atomic E-state index is 13.0. The van der Waals surface area contributed by atoms with Crippen LogP contribution in [0, 0.1) is 4.91 Å². The van der Waals surface area contributed by atoms with Crippen molar-refractivity contribution in [2.75, 3.05) is 19.8 Å². The van der Waals surface area contributed by atoms with Crippen LogP contribution in [-0.4, -0.2) is 31.2 Å². The summed E-state index contributed by atoms with van der Waals surface area (Å²) in [5, 5.41) is 2.98. The zero-order valence-electron chi connectivity index (χ0n) is 18.8. The molecule has 172 valence electrons. The molecule has 1 aliphatic heterocycles. The van der Waals surface area contributed by atoms with E-state index in [1.807, 2.05) is 26.0 Å². The van der Waals surface area contributed by atoms with Crippen molar-refractivity contribution >= 4 is 11.9 Å². The summed E-state index contributed by atoms with van der Waals surface area (Å²) in [5.74, 6) is 1.62. The number of fused-ring (bicyclic) bond motifs is 1. The van der Waals surface area contributed by atoms with Gasteiger partial charge in [-0.1, -0.05) is 30.5 Å². The first-order valence-corrected chi connectivity index (χ1v) is 10.5. The van der Waals surface area contributed by atoms with Gasteiger partial charge in [0.1, 0.15) is 48.4 Å². The molecule has 2 aromatic carbocycles. The van der Waals surface area contributed by atoms with Crippen molar-refractivity contribution in [3.63, 3.8) is 0 Å². The molecular weight excluding hydrogens is 422 g/mol. The van der Waals surface area contributed by atoms with Gasteiger partial charge in [-0.15, -0.1) is 0 Å². The molecule has 0 aliphatic carbocycles. The molecule has 0 aromatic heterocycles. The fraction of sp³-hybridized carbons (Fsp3) is 0.269. The third kappa shape index (κ3) is 5.88. The fourth-order valence-electron chi connectivity index (χ4n) is 3.30. The number of ketones is 1. The van der Waals surface area contributed by atoms with Crippen molar-refractivity contribution in [3.05, 3.63) is 83.3 Å². The standard InChI is InChI=1S/C26H27NO6/c1-5-13-30-19-8-9-20(24(15-19)31-14-6-2)22(28)17-32-25-18(16-27-29)7-10-23-21(25)11-12-26(3,4)33-23/h5-12,15H,1-2,13-14,16-17H2,3-4H3. The SMILES string of the molecule is C=CCOc1ccc(C(=O)COc2c(CN=O)ccc3c2C=CC(C)(C)O3)c(OCC=C)c1. The third-order valence-corrected chi connectivity index (χ3v) is 4.82. The molecule has 7 nitrogen and oxygen atoms in total. The van der Waals surface area contributed by atoms with Crippen LogP contribution in [0.25, 0.3) is 6.08 Å².